The van der Waals surface area contributed by atoms with E-state index in [0.717, 1.165) is 4.90 Å². The Bertz CT molecular complexity index is 2820. The van der Waals surface area contributed by atoms with Crippen molar-refractivity contribution < 1.29 is 46.6 Å². The third-order valence-electron chi connectivity index (χ3n) is 13.1. The summed E-state index contributed by atoms with van der Waals surface area (Å²) in [5.74, 6) is -3.81. The molecule has 0 bridgehead atoms. The first-order chi connectivity index (χ1) is 32.8. The molecule has 0 unspecified atom stereocenters. The van der Waals surface area contributed by atoms with Gasteiger partial charge >= 0.3 is 6.03 Å². The molecule has 1 atom stereocenters. The third-order valence-corrected chi connectivity index (χ3v) is 13.1. The molecule has 3 aromatic carbocycles. The van der Waals surface area contributed by atoms with E-state index in [1.54, 1.807) is 30.1 Å². The van der Waals surface area contributed by atoms with Gasteiger partial charge in [0.15, 0.2) is 28.9 Å². The molecule has 3 saturated heterocycles. The normalized spacial score (nSPS) is 17.9. The Morgan fingerprint density at radius 1 is 0.897 bits per heavy atom. The Balaban J connectivity index is 0.787. The van der Waals surface area contributed by atoms with Crippen molar-refractivity contribution in [3.05, 3.63) is 94.9 Å². The number of anilines is 2. The molecular weight excluding hydrogens is 886 g/mol. The number of pyridine rings is 1. The number of imide groups is 2. The lowest BCUT2D eigenvalue weighted by Gasteiger charge is -2.43. The maximum Gasteiger partial charge on any atom is 0.329 e. The van der Waals surface area contributed by atoms with Crippen molar-refractivity contribution in [3.8, 4) is 29.1 Å². The quantitative estimate of drug-likeness (QED) is 0.121. The Hall–Kier alpha value is -7.24. The average Bonchev–Trinajstić information content (AvgIpc) is 3.78. The van der Waals surface area contributed by atoms with E-state index in [9.17, 15) is 24.4 Å². The molecule has 17 nitrogen and oxygen atoms in total. The standard InChI is InChI=1S/C48H49F3N10O7/c1-4-67-40-25-29(5-10-38(40)66-3)36(11-16-52)61-45(63)33-12-17-53-44(42(33)46(61)64)59-23-21-58(22-24-59)31-13-18-57(19-14-31)28-48(50,51)30-6-8-32(9-7-30)68-39-27-37-34(26-35(39)49)43(55-56(37)2)60-20-15-41(62)54-47(60)65/h5-10,12,17,25-27,31,36H,4,11,13-15,18-24,28H2,1-3H3,(H,54,62,65)/t36-/m1/s1. The highest BCUT2D eigenvalue weighted by Gasteiger charge is 2.44. The largest absolute Gasteiger partial charge is 0.493 e. The van der Waals surface area contributed by atoms with Gasteiger partial charge in [-0.3, -0.25) is 44.0 Å². The summed E-state index contributed by atoms with van der Waals surface area (Å²) in [7, 11) is 3.14. The molecule has 9 rings (SSSR count). The third kappa shape index (κ3) is 8.74. The SMILES string of the molecule is CCOc1cc([C@@H](CC#N)N2C(=O)c3ccnc(N4CCN(C5CCN(CC(F)(F)c6ccc(Oc7cc8c(cc7F)c(N7CCC(=O)NC7=O)nn8C)cc6)CC5)CC4)c3C2=O)ccc1OC. The number of piperazine rings is 1. The van der Waals surface area contributed by atoms with Crippen LogP contribution in [0.4, 0.5) is 29.6 Å². The summed E-state index contributed by atoms with van der Waals surface area (Å²) < 4.78 is 65.3. The molecule has 2 aromatic heterocycles. The Kier molecular flexibility index (Phi) is 12.7. The van der Waals surface area contributed by atoms with E-state index in [1.807, 2.05) is 11.8 Å². The second-order valence-electron chi connectivity index (χ2n) is 17.1. The minimum Gasteiger partial charge on any atom is -0.493 e. The van der Waals surface area contributed by atoms with E-state index in [4.69, 9.17) is 14.2 Å². The predicted octanol–water partition coefficient (Wildman–Crippen LogP) is 6.38. The van der Waals surface area contributed by atoms with Gasteiger partial charge in [-0.2, -0.15) is 19.1 Å². The number of carbonyl (C=O) groups excluding carboxylic acids is 4. The highest BCUT2D eigenvalue weighted by Crippen LogP contribution is 2.41. The van der Waals surface area contributed by atoms with Crippen LogP contribution in [0.1, 0.15) is 70.5 Å². The summed E-state index contributed by atoms with van der Waals surface area (Å²) in [6.07, 6.45) is 2.86. The Labute approximate surface area is 389 Å². The number of methoxy groups -OCH3 is 1. The van der Waals surface area contributed by atoms with Gasteiger partial charge < -0.3 is 19.1 Å². The van der Waals surface area contributed by atoms with Crippen LogP contribution in [-0.4, -0.2) is 125 Å². The predicted molar refractivity (Wildman–Crippen MR) is 242 cm³/mol. The number of alkyl halides is 2. The molecular formula is C48H49F3N10O7. The number of benzene rings is 3. The van der Waals surface area contributed by atoms with Crippen LogP contribution < -0.4 is 29.3 Å². The molecule has 6 heterocycles. The monoisotopic (exact) mass is 934 g/mol. The zero-order valence-corrected chi connectivity index (χ0v) is 37.7. The number of nitriles is 1. The van der Waals surface area contributed by atoms with Crippen LogP contribution in [0, 0.1) is 17.1 Å². The number of halogens is 3. The lowest BCUT2D eigenvalue weighted by atomic mass is 10.0. The van der Waals surface area contributed by atoms with E-state index in [1.165, 1.54) is 65.4 Å². The Morgan fingerprint density at radius 2 is 1.65 bits per heavy atom. The molecule has 354 valence electrons. The van der Waals surface area contributed by atoms with Gasteiger partial charge in [0.25, 0.3) is 17.7 Å². The second kappa shape index (κ2) is 18.8. The van der Waals surface area contributed by atoms with Gasteiger partial charge in [-0.1, -0.05) is 6.07 Å². The van der Waals surface area contributed by atoms with E-state index in [-0.39, 0.29) is 59.4 Å². The lowest BCUT2D eigenvalue weighted by Crippen LogP contribution is -2.54. The van der Waals surface area contributed by atoms with Crippen LogP contribution >= 0.6 is 0 Å². The number of ether oxygens (including phenoxy) is 3. The number of carbonyl (C=O) groups is 4. The zero-order valence-electron chi connectivity index (χ0n) is 37.7. The van der Waals surface area contributed by atoms with Crippen LogP contribution in [0.25, 0.3) is 10.9 Å². The molecule has 5 amide bonds. The van der Waals surface area contributed by atoms with E-state index < -0.39 is 48.1 Å². The van der Waals surface area contributed by atoms with Gasteiger partial charge in [0.05, 0.1) is 55.4 Å². The van der Waals surface area contributed by atoms with Gasteiger partial charge in [0.1, 0.15) is 11.6 Å². The highest BCUT2D eigenvalue weighted by atomic mass is 19.3. The van der Waals surface area contributed by atoms with Crippen molar-refractivity contribution in [2.75, 3.05) is 75.9 Å². The fraction of sp³-hybridized carbons (Fsp3) is 0.396. The molecule has 68 heavy (non-hydrogen) atoms. The summed E-state index contributed by atoms with van der Waals surface area (Å²) >= 11 is 0. The van der Waals surface area contributed by atoms with Crippen LogP contribution in [0.5, 0.6) is 23.0 Å². The first kappa shape index (κ1) is 45.9. The number of urea groups is 1. The molecule has 4 aliphatic rings. The molecule has 3 fully saturated rings. The van der Waals surface area contributed by atoms with Gasteiger partial charge in [-0.15, -0.1) is 0 Å². The second-order valence-corrected chi connectivity index (χ2v) is 17.1. The van der Waals surface area contributed by atoms with Crippen molar-refractivity contribution >= 4 is 46.3 Å². The smallest absolute Gasteiger partial charge is 0.329 e. The highest BCUT2D eigenvalue weighted by molar-refractivity contribution is 6.23. The number of aryl methyl sites for hydroxylation is 1. The number of amides is 5. The minimum atomic E-state index is -3.18. The van der Waals surface area contributed by atoms with E-state index in [0.29, 0.717) is 92.5 Å². The number of nitrogens with one attached hydrogen (secondary N) is 1. The first-order valence-corrected chi connectivity index (χ1v) is 22.5. The van der Waals surface area contributed by atoms with Crippen LogP contribution in [0.3, 0.4) is 0 Å². The Morgan fingerprint density at radius 3 is 2.34 bits per heavy atom. The van der Waals surface area contributed by atoms with Crippen molar-refractivity contribution in [2.45, 2.75) is 50.6 Å². The number of aromatic nitrogens is 3. The van der Waals surface area contributed by atoms with Crippen LogP contribution in [0.15, 0.2) is 66.9 Å². The lowest BCUT2D eigenvalue weighted by molar-refractivity contribution is -0.120. The summed E-state index contributed by atoms with van der Waals surface area (Å²) in [4.78, 5) is 65.3. The van der Waals surface area contributed by atoms with Gasteiger partial charge in [-0.25, -0.2) is 14.2 Å². The van der Waals surface area contributed by atoms with Crippen molar-refractivity contribution in [1.29, 1.82) is 5.26 Å². The average molecular weight is 935 g/mol. The maximum atomic E-state index is 15.8. The first-order valence-electron chi connectivity index (χ1n) is 22.5. The van der Waals surface area contributed by atoms with E-state index >= 15 is 13.2 Å². The number of hydrogen-bond acceptors (Lipinski definition) is 13. The summed E-state index contributed by atoms with van der Waals surface area (Å²) in [5.41, 5.74) is 1.26. The topological polar surface area (TPSA) is 179 Å². The van der Waals surface area contributed by atoms with Crippen LogP contribution in [-0.2, 0) is 17.8 Å². The fourth-order valence-corrected chi connectivity index (χ4v) is 9.61. The molecule has 20 heteroatoms. The summed E-state index contributed by atoms with van der Waals surface area (Å²) in [5, 5.41) is 16.7. The zero-order chi connectivity index (χ0) is 47.9. The number of hydrogen-bond donors (Lipinski definition) is 1. The molecule has 0 spiro atoms. The molecule has 5 aromatic rings. The van der Waals surface area contributed by atoms with Crippen molar-refractivity contribution in [3.63, 3.8) is 0 Å². The van der Waals surface area contributed by atoms with Crippen molar-refractivity contribution in [2.24, 2.45) is 7.05 Å². The molecule has 1 N–H and O–H groups in total. The van der Waals surface area contributed by atoms with Gasteiger partial charge in [-0.05, 0) is 86.9 Å². The summed E-state index contributed by atoms with van der Waals surface area (Å²) in [6, 6.07) is 15.3. The summed E-state index contributed by atoms with van der Waals surface area (Å²) in [6.45, 7) is 5.14. The molecule has 0 aliphatic carbocycles. The number of nitrogens with zero attached hydrogens (tertiary/aromatic N) is 9. The number of rotatable bonds is 14. The maximum absolute atomic E-state index is 15.8. The fourth-order valence-electron chi connectivity index (χ4n) is 9.61. The minimum absolute atomic E-state index is 0.0772. The molecule has 4 aliphatic heterocycles. The van der Waals surface area contributed by atoms with Gasteiger partial charge in [0, 0.05) is 75.4 Å². The number of fused-ring (bicyclic) bond motifs is 2. The number of piperidine rings is 1. The number of likely N-dealkylation sites (tertiary alicyclic amines) is 1. The van der Waals surface area contributed by atoms with Gasteiger partial charge in [0.2, 0.25) is 5.91 Å². The molecule has 0 radical (unpaired) electrons. The molecule has 0 saturated carbocycles. The van der Waals surface area contributed by atoms with E-state index in [2.05, 4.69) is 26.4 Å². The van der Waals surface area contributed by atoms with Crippen LogP contribution in [0.2, 0.25) is 0 Å². The van der Waals surface area contributed by atoms with Crippen molar-refractivity contribution in [1.82, 2.24) is 34.8 Å².